The number of nitrogens with one attached hydrogen (secondary N) is 1. The van der Waals surface area contributed by atoms with Gasteiger partial charge in [-0.1, -0.05) is 256 Å². The van der Waals surface area contributed by atoms with E-state index in [1.165, 1.54) is 97.2 Å². The first-order valence-corrected chi connectivity index (χ1v) is 45.5. The summed E-state index contributed by atoms with van der Waals surface area (Å²) in [4.78, 5) is 59.0. The van der Waals surface area contributed by atoms with E-state index in [1.807, 2.05) is 0 Å². The molecule has 2 amide bonds. The third kappa shape index (κ3) is 20.9. The Balaban J connectivity index is 0.000000133. The molecular weight excluding hydrogens is 1470 g/mol. The highest BCUT2D eigenvalue weighted by atomic mass is 35.5. The fraction of sp³-hybridized carbons (Fsp3) is 0.457. The molecule has 3 saturated carbocycles. The summed E-state index contributed by atoms with van der Waals surface area (Å²) < 4.78 is 0. The van der Waals surface area contributed by atoms with E-state index < -0.39 is 0 Å². The summed E-state index contributed by atoms with van der Waals surface area (Å²) in [5.74, 6) is 3.17. The Morgan fingerprint density at radius 1 is 0.339 bits per heavy atom. The number of likely N-dealkylation sites (tertiary alicyclic amines) is 6. The van der Waals surface area contributed by atoms with Crippen LogP contribution in [0.4, 0.5) is 17.1 Å². The van der Waals surface area contributed by atoms with Gasteiger partial charge in [-0.25, -0.2) is 0 Å². The van der Waals surface area contributed by atoms with Crippen molar-refractivity contribution >= 4 is 45.7 Å². The second-order valence-corrected chi connectivity index (χ2v) is 36.9. The number of carbonyl (C=O) groups excluding carboxylic acids is 3. The second kappa shape index (κ2) is 40.7. The van der Waals surface area contributed by atoms with Crippen LogP contribution in [0.1, 0.15) is 131 Å². The standard InChI is InChI=1S/2C35H43N3O.C30H37N3.C5H7ClO/c2*1-28(38(33-18-9-4-10-19-33)34(39)31-16-11-17-31)35-26-36(22-20-29-12-5-2-6-13-29)23-21-32(35)25-37(27-35)24-30-14-7-3-8-15-30;1-25(31-29-15-9-4-10-16-29)30-23-32(19-17-26-11-5-2-6-12-26)20-18-28(30)22-33(24-30)21-27-13-7-3-8-14-27;6-5(7)4-2-1-3-4/h2*2-10,12-15,18-19,28,31-32H,11,16-17,20-27H2,1H3;2-16,25,28,31H,17-24H2,1H3;4H,1-3H2/t2*28-,32?,35?;;/m10../s1. The maximum Gasteiger partial charge on any atom is 0.230 e. The summed E-state index contributed by atoms with van der Waals surface area (Å²) in [7, 11) is 0. The molecule has 9 fully saturated rings. The molecule has 0 spiro atoms. The Bertz CT molecular complexity index is 4340. The number of amides is 2. The van der Waals surface area contributed by atoms with Crippen LogP contribution in [0, 0.1) is 51.8 Å². The highest BCUT2D eigenvalue weighted by molar-refractivity contribution is 6.64. The quantitative estimate of drug-likeness (QED) is 0.0502. The van der Waals surface area contributed by atoms with Crippen molar-refractivity contribution in [3.63, 3.8) is 0 Å². The zero-order chi connectivity index (χ0) is 81.1. The number of nitrogens with zero attached hydrogens (tertiary/aromatic N) is 8. The molecule has 3 aliphatic carbocycles. The lowest BCUT2D eigenvalue weighted by molar-refractivity contribution is -0.127. The minimum absolute atomic E-state index is 0.0406. The average Bonchev–Trinajstić information content (AvgIpc) is 1.63. The van der Waals surface area contributed by atoms with E-state index in [4.69, 9.17) is 11.6 Å². The summed E-state index contributed by atoms with van der Waals surface area (Å²) in [6, 6.07) is 98.0. The largest absolute Gasteiger partial charge is 0.382 e. The molecule has 12 nitrogen and oxygen atoms in total. The molecule has 0 radical (unpaired) electrons. The molecule has 118 heavy (non-hydrogen) atoms. The zero-order valence-corrected chi connectivity index (χ0v) is 71.4. The van der Waals surface area contributed by atoms with Gasteiger partial charge in [0.1, 0.15) is 0 Å². The Labute approximate surface area is 711 Å². The lowest BCUT2D eigenvalue weighted by atomic mass is 9.67. The van der Waals surface area contributed by atoms with Gasteiger partial charge in [0.2, 0.25) is 17.1 Å². The van der Waals surface area contributed by atoms with Gasteiger partial charge in [-0.3, -0.25) is 29.1 Å². The zero-order valence-electron chi connectivity index (χ0n) is 70.7. The fourth-order valence-corrected chi connectivity index (χ4v) is 21.8. The number of rotatable bonds is 27. The van der Waals surface area contributed by atoms with Gasteiger partial charge < -0.3 is 29.8 Å². The maximum atomic E-state index is 14.1. The van der Waals surface area contributed by atoms with Crippen molar-refractivity contribution in [2.24, 2.45) is 51.8 Å². The molecule has 9 aliphatic rings. The summed E-state index contributed by atoms with van der Waals surface area (Å²) >= 11 is 5.14. The van der Waals surface area contributed by atoms with Crippen molar-refractivity contribution < 1.29 is 14.4 Å². The smallest absolute Gasteiger partial charge is 0.230 e. The molecule has 9 aromatic rings. The molecule has 0 bridgehead atoms. The van der Waals surface area contributed by atoms with E-state index in [0.29, 0.717) is 29.7 Å². The number of anilines is 3. The predicted molar refractivity (Wildman–Crippen MR) is 486 cm³/mol. The molecule has 6 heterocycles. The molecule has 1 N–H and O–H groups in total. The van der Waals surface area contributed by atoms with Crippen LogP contribution in [-0.4, -0.2) is 163 Å². The predicted octanol–water partition coefficient (Wildman–Crippen LogP) is 19.7. The fourth-order valence-electron chi connectivity index (χ4n) is 21.6. The van der Waals surface area contributed by atoms with Crippen LogP contribution in [0.5, 0.6) is 0 Å². The molecule has 9 atom stereocenters. The van der Waals surface area contributed by atoms with Gasteiger partial charge in [-0.2, -0.15) is 0 Å². The number of carbonyl (C=O) groups is 3. The molecule has 6 aliphatic heterocycles. The molecule has 620 valence electrons. The Kier molecular flexibility index (Phi) is 29.1. The van der Waals surface area contributed by atoms with Gasteiger partial charge in [0.15, 0.2) is 0 Å². The first-order valence-electron chi connectivity index (χ1n) is 45.1. The number of piperidine rings is 3. The van der Waals surface area contributed by atoms with E-state index in [2.05, 4.69) is 338 Å². The van der Waals surface area contributed by atoms with Gasteiger partial charge in [0.25, 0.3) is 0 Å². The highest BCUT2D eigenvalue weighted by Gasteiger charge is 2.58. The van der Waals surface area contributed by atoms with Crippen LogP contribution < -0.4 is 15.1 Å². The van der Waals surface area contributed by atoms with E-state index in [0.717, 1.165) is 173 Å². The molecular formula is C105H130ClN9O3. The minimum Gasteiger partial charge on any atom is -0.382 e. The van der Waals surface area contributed by atoms with Crippen molar-refractivity contribution in [3.8, 4) is 0 Å². The number of para-hydroxylation sites is 3. The van der Waals surface area contributed by atoms with Crippen molar-refractivity contribution in [2.45, 2.75) is 155 Å². The number of benzene rings is 9. The lowest BCUT2D eigenvalue weighted by Gasteiger charge is -2.51. The van der Waals surface area contributed by atoms with Gasteiger partial charge >= 0.3 is 0 Å². The van der Waals surface area contributed by atoms with Gasteiger partial charge in [-0.15, -0.1) is 0 Å². The summed E-state index contributed by atoms with van der Waals surface area (Å²) in [5.41, 5.74) is 12.2. The van der Waals surface area contributed by atoms with Crippen molar-refractivity contribution in [1.29, 1.82) is 0 Å². The average molecular weight is 1600 g/mol. The molecule has 9 aromatic carbocycles. The first kappa shape index (κ1) is 84.5. The first-order chi connectivity index (χ1) is 57.8. The summed E-state index contributed by atoms with van der Waals surface area (Å²) in [6.07, 6.45) is 16.7. The third-order valence-electron chi connectivity index (χ3n) is 29.1. The van der Waals surface area contributed by atoms with Crippen LogP contribution in [-0.2, 0) is 53.3 Å². The topological polar surface area (TPSA) is 89.2 Å². The Hall–Kier alpha value is -8.56. The van der Waals surface area contributed by atoms with Crippen molar-refractivity contribution in [3.05, 3.63) is 306 Å². The minimum atomic E-state index is -0.147. The normalized spacial score (nSPS) is 24.3. The Morgan fingerprint density at radius 3 is 0.890 bits per heavy atom. The second-order valence-electron chi connectivity index (χ2n) is 36.5. The number of hydrogen-bond acceptors (Lipinski definition) is 10. The van der Waals surface area contributed by atoms with Gasteiger partial charge in [0, 0.05) is 167 Å². The van der Waals surface area contributed by atoms with Crippen LogP contribution in [0.25, 0.3) is 0 Å². The van der Waals surface area contributed by atoms with Crippen LogP contribution >= 0.6 is 11.6 Å². The van der Waals surface area contributed by atoms with Gasteiger partial charge in [-0.05, 0) is 217 Å². The maximum absolute atomic E-state index is 14.1. The van der Waals surface area contributed by atoms with Crippen LogP contribution in [0.3, 0.4) is 0 Å². The summed E-state index contributed by atoms with van der Waals surface area (Å²) in [6.45, 7) is 27.0. The number of hydrogen-bond donors (Lipinski definition) is 1. The van der Waals surface area contributed by atoms with E-state index in [1.54, 1.807) is 0 Å². The number of fused-ring (bicyclic) bond motifs is 3. The number of halogens is 1. The lowest BCUT2D eigenvalue weighted by Crippen LogP contribution is -2.61. The van der Waals surface area contributed by atoms with Crippen molar-refractivity contribution in [1.82, 2.24) is 29.4 Å². The van der Waals surface area contributed by atoms with E-state index in [9.17, 15) is 14.4 Å². The molecule has 7 unspecified atom stereocenters. The van der Waals surface area contributed by atoms with Gasteiger partial charge in [0.05, 0.1) is 0 Å². The van der Waals surface area contributed by atoms with E-state index >= 15 is 0 Å². The molecule has 0 aromatic heterocycles. The highest BCUT2D eigenvalue weighted by Crippen LogP contribution is 2.52. The van der Waals surface area contributed by atoms with Crippen LogP contribution in [0.2, 0.25) is 0 Å². The molecule has 6 saturated heterocycles. The van der Waals surface area contributed by atoms with Crippen molar-refractivity contribution in [2.75, 3.05) is 113 Å². The molecule has 18 rings (SSSR count). The third-order valence-corrected chi connectivity index (χ3v) is 29.4. The van der Waals surface area contributed by atoms with E-state index in [-0.39, 0.29) is 51.3 Å². The SMILES string of the molecule is CC(Nc1ccccc1)C12CN(CCc3ccccc3)CCC1CN(Cc1ccccc1)C2.C[C@@H](N(C(=O)C1CCC1)c1ccccc1)C12CN(CCc3ccccc3)CCC1CN(Cc1ccccc1)C2.C[C@H](N(C(=O)C1CCC1)c1ccccc1)C12CN(CCc3ccccc3)CCC1CN(Cc1ccccc1)C2.O=C(Cl)C1CCC1. The Morgan fingerprint density at radius 2 is 0.602 bits per heavy atom. The summed E-state index contributed by atoms with van der Waals surface area (Å²) in [5, 5.41) is 3.75. The monoisotopic (exact) mass is 1600 g/mol. The molecule has 13 heteroatoms. The van der Waals surface area contributed by atoms with Crippen LogP contribution in [0.15, 0.2) is 273 Å².